The smallest absolute Gasteiger partial charge is 0.224 e. The number of pyridine rings is 1. The summed E-state index contributed by atoms with van der Waals surface area (Å²) in [7, 11) is 0. The number of carbonyl (C=O) groups is 1. The molecule has 0 unspecified atom stereocenters. The number of fused-ring (bicyclic) bond motifs is 1. The van der Waals surface area contributed by atoms with E-state index in [1.807, 2.05) is 18.3 Å². The van der Waals surface area contributed by atoms with E-state index in [9.17, 15) is 9.18 Å². The van der Waals surface area contributed by atoms with Crippen LogP contribution in [0.2, 0.25) is 0 Å². The fourth-order valence-corrected chi connectivity index (χ4v) is 3.16. The molecule has 1 amide bonds. The Morgan fingerprint density at radius 2 is 2.23 bits per heavy atom. The van der Waals surface area contributed by atoms with Gasteiger partial charge < -0.3 is 9.64 Å². The highest BCUT2D eigenvalue weighted by atomic mass is 19.1. The number of carbonyl (C=O) groups excluding carboxylic acids is 1. The van der Waals surface area contributed by atoms with Gasteiger partial charge >= 0.3 is 0 Å². The second kappa shape index (κ2) is 7.21. The van der Waals surface area contributed by atoms with Gasteiger partial charge in [0.05, 0.1) is 18.8 Å². The highest BCUT2D eigenvalue weighted by Crippen LogP contribution is 2.24. The number of hydrogen-bond acceptors (Lipinski definition) is 4. The highest BCUT2D eigenvalue weighted by Gasteiger charge is 2.26. The first-order chi connectivity index (χ1) is 12.7. The summed E-state index contributed by atoms with van der Waals surface area (Å²) in [6, 6.07) is 8.27. The van der Waals surface area contributed by atoms with Crippen molar-refractivity contribution in [1.82, 2.24) is 19.7 Å². The lowest BCUT2D eigenvalue weighted by atomic mass is 10.1. The Balaban J connectivity index is 1.45. The normalized spacial score (nSPS) is 17.6. The third-order valence-corrected chi connectivity index (χ3v) is 4.57. The van der Waals surface area contributed by atoms with Crippen LogP contribution >= 0.6 is 0 Å². The Morgan fingerprint density at radius 1 is 1.31 bits per heavy atom. The molecular weight excluding hydrogens is 335 g/mol. The van der Waals surface area contributed by atoms with Gasteiger partial charge in [0.15, 0.2) is 0 Å². The number of ether oxygens (including phenoxy) is 1. The Morgan fingerprint density at radius 3 is 3.08 bits per heavy atom. The minimum absolute atomic E-state index is 0.0700. The number of halogens is 1. The van der Waals surface area contributed by atoms with Crippen LogP contribution in [0.5, 0.6) is 0 Å². The van der Waals surface area contributed by atoms with Crippen molar-refractivity contribution in [3.05, 3.63) is 60.4 Å². The molecule has 0 radical (unpaired) electrons. The van der Waals surface area contributed by atoms with Gasteiger partial charge in [-0.2, -0.15) is 5.10 Å². The summed E-state index contributed by atoms with van der Waals surface area (Å²) in [6.07, 6.45) is 5.35. The zero-order chi connectivity index (χ0) is 17.9. The van der Waals surface area contributed by atoms with Gasteiger partial charge in [0.25, 0.3) is 0 Å². The molecule has 1 aromatic carbocycles. The number of benzene rings is 1. The lowest BCUT2D eigenvalue weighted by Crippen LogP contribution is -2.42. The molecular formula is C19H19FN4O2. The Bertz CT molecular complexity index is 913. The largest absolute Gasteiger partial charge is 0.368 e. The third-order valence-electron chi connectivity index (χ3n) is 4.57. The van der Waals surface area contributed by atoms with Gasteiger partial charge in [-0.1, -0.05) is 0 Å². The Kier molecular flexibility index (Phi) is 4.62. The van der Waals surface area contributed by atoms with Gasteiger partial charge in [-0.15, -0.1) is 0 Å². The van der Waals surface area contributed by atoms with Gasteiger partial charge in [-0.05, 0) is 35.7 Å². The average molecular weight is 354 g/mol. The van der Waals surface area contributed by atoms with E-state index in [1.54, 1.807) is 28.0 Å². The van der Waals surface area contributed by atoms with Crippen molar-refractivity contribution in [2.75, 3.05) is 19.7 Å². The summed E-state index contributed by atoms with van der Waals surface area (Å²) in [5.74, 6) is -0.213. The van der Waals surface area contributed by atoms with Crippen LogP contribution in [0, 0.1) is 5.82 Å². The minimum Gasteiger partial charge on any atom is -0.368 e. The molecule has 6 nitrogen and oxygen atoms in total. The number of nitrogens with zero attached hydrogens (tertiary/aromatic N) is 4. The van der Waals surface area contributed by atoms with Crippen LogP contribution < -0.4 is 0 Å². The second-order valence-electron chi connectivity index (χ2n) is 6.32. The standard InChI is InChI=1S/C19H19FN4O2/c20-16-3-2-14-12-21-17(11-15(14)10-16)18-13-23(8-9-26-18)19(25)4-7-24-6-1-5-22-24/h1-3,5-6,10-12,18H,4,7-9,13H2/t18-/m1/s1. The van der Waals surface area contributed by atoms with E-state index in [0.29, 0.717) is 38.4 Å². The monoisotopic (exact) mass is 354 g/mol. The number of amides is 1. The lowest BCUT2D eigenvalue weighted by Gasteiger charge is -2.32. The van der Waals surface area contributed by atoms with Gasteiger partial charge in [0, 0.05) is 43.5 Å². The van der Waals surface area contributed by atoms with Crippen LogP contribution in [0.4, 0.5) is 4.39 Å². The number of hydrogen-bond donors (Lipinski definition) is 0. The third kappa shape index (κ3) is 3.57. The van der Waals surface area contributed by atoms with Crippen LogP contribution in [0.25, 0.3) is 10.8 Å². The molecule has 3 aromatic rings. The molecule has 0 spiro atoms. The molecule has 1 atom stereocenters. The summed E-state index contributed by atoms with van der Waals surface area (Å²) < 4.78 is 21.0. The predicted octanol–water partition coefficient (Wildman–Crippen LogP) is 2.56. The molecule has 0 bridgehead atoms. The van der Waals surface area contributed by atoms with Gasteiger partial charge in [-0.25, -0.2) is 4.39 Å². The molecule has 1 aliphatic heterocycles. The first-order valence-corrected chi connectivity index (χ1v) is 8.61. The molecule has 134 valence electrons. The van der Waals surface area contributed by atoms with Crippen molar-refractivity contribution in [3.8, 4) is 0 Å². The first kappa shape index (κ1) is 16.7. The number of aromatic nitrogens is 3. The molecule has 0 saturated carbocycles. The number of morpholine rings is 1. The van der Waals surface area contributed by atoms with E-state index in [4.69, 9.17) is 4.74 Å². The Hall–Kier alpha value is -2.80. The van der Waals surface area contributed by atoms with E-state index >= 15 is 0 Å². The minimum atomic E-state index is -0.301. The highest BCUT2D eigenvalue weighted by molar-refractivity contribution is 5.82. The van der Waals surface area contributed by atoms with Gasteiger partial charge in [0.2, 0.25) is 5.91 Å². The van der Waals surface area contributed by atoms with Crippen LogP contribution in [-0.4, -0.2) is 45.3 Å². The van der Waals surface area contributed by atoms with Crippen molar-refractivity contribution in [2.24, 2.45) is 0 Å². The number of aryl methyl sites for hydroxylation is 1. The second-order valence-corrected chi connectivity index (χ2v) is 6.32. The molecule has 1 fully saturated rings. The summed E-state index contributed by atoms with van der Waals surface area (Å²) in [6.45, 7) is 2.03. The van der Waals surface area contributed by atoms with E-state index in [0.717, 1.165) is 10.8 Å². The fourth-order valence-electron chi connectivity index (χ4n) is 3.16. The fraction of sp³-hybridized carbons (Fsp3) is 0.316. The van der Waals surface area contributed by atoms with Gasteiger partial charge in [0.1, 0.15) is 11.9 Å². The van der Waals surface area contributed by atoms with Gasteiger partial charge in [-0.3, -0.25) is 14.5 Å². The SMILES string of the molecule is O=C(CCn1cccn1)N1CCO[C@@H](c2cc3cc(F)ccc3cn2)C1. The zero-order valence-corrected chi connectivity index (χ0v) is 14.2. The topological polar surface area (TPSA) is 60.2 Å². The predicted molar refractivity (Wildman–Crippen MR) is 93.8 cm³/mol. The quantitative estimate of drug-likeness (QED) is 0.722. The van der Waals surface area contributed by atoms with E-state index < -0.39 is 0 Å². The van der Waals surface area contributed by atoms with Crippen LogP contribution in [0.15, 0.2) is 48.9 Å². The van der Waals surface area contributed by atoms with Crippen molar-refractivity contribution in [1.29, 1.82) is 0 Å². The summed E-state index contributed by atoms with van der Waals surface area (Å²) in [5, 5.41) is 5.76. The summed E-state index contributed by atoms with van der Waals surface area (Å²) in [5.41, 5.74) is 0.715. The van der Waals surface area contributed by atoms with Crippen LogP contribution in [0.1, 0.15) is 18.2 Å². The van der Waals surface area contributed by atoms with Crippen LogP contribution in [0.3, 0.4) is 0 Å². The molecule has 2 aromatic heterocycles. The molecule has 26 heavy (non-hydrogen) atoms. The molecule has 0 aliphatic carbocycles. The molecule has 0 N–H and O–H groups in total. The van der Waals surface area contributed by atoms with E-state index in [1.165, 1.54) is 12.1 Å². The average Bonchev–Trinajstić information content (AvgIpc) is 3.19. The maximum absolute atomic E-state index is 13.5. The molecule has 1 aliphatic rings. The van der Waals surface area contributed by atoms with Crippen molar-refractivity contribution in [2.45, 2.75) is 19.1 Å². The van der Waals surface area contributed by atoms with E-state index in [-0.39, 0.29) is 17.8 Å². The van der Waals surface area contributed by atoms with Crippen molar-refractivity contribution in [3.63, 3.8) is 0 Å². The molecule has 3 heterocycles. The zero-order valence-electron chi connectivity index (χ0n) is 14.2. The van der Waals surface area contributed by atoms with Crippen molar-refractivity contribution >= 4 is 16.7 Å². The molecule has 7 heteroatoms. The van der Waals surface area contributed by atoms with Crippen LogP contribution in [-0.2, 0) is 16.1 Å². The number of rotatable bonds is 4. The molecule has 1 saturated heterocycles. The van der Waals surface area contributed by atoms with Crippen molar-refractivity contribution < 1.29 is 13.9 Å². The maximum Gasteiger partial charge on any atom is 0.224 e. The molecule has 4 rings (SSSR count). The summed E-state index contributed by atoms with van der Waals surface area (Å²) >= 11 is 0. The summed E-state index contributed by atoms with van der Waals surface area (Å²) in [4.78, 5) is 18.7. The lowest BCUT2D eigenvalue weighted by molar-refractivity contribution is -0.139. The van der Waals surface area contributed by atoms with E-state index in [2.05, 4.69) is 10.1 Å². The first-order valence-electron chi connectivity index (χ1n) is 8.61. The Labute approximate surface area is 150 Å². The maximum atomic E-state index is 13.5.